The first-order valence-corrected chi connectivity index (χ1v) is 11.3. The van der Waals surface area contributed by atoms with E-state index in [-0.39, 0.29) is 33.3 Å². The highest BCUT2D eigenvalue weighted by atomic mass is 35.5. The highest BCUT2D eigenvalue weighted by Gasteiger charge is 2.33. The highest BCUT2D eigenvalue weighted by molar-refractivity contribution is 6.33. The van der Waals surface area contributed by atoms with Crippen LogP contribution in [0.1, 0.15) is 24.0 Å². The SMILES string of the molecule is CC(F)(F)c1cnc(-c2cccc(C(C(=O)Oc3ccccc3)C(=O)Oc3ccccc3)c2)c(Cl)c1. The number of nitrogens with zero attached hydrogens (tertiary/aromatic N) is 1. The quantitative estimate of drug-likeness (QED) is 0.156. The second-order valence-corrected chi connectivity index (χ2v) is 8.38. The Morgan fingerprint density at radius 2 is 1.39 bits per heavy atom. The van der Waals surface area contributed by atoms with Crippen molar-refractivity contribution in [1.82, 2.24) is 4.98 Å². The summed E-state index contributed by atoms with van der Waals surface area (Å²) in [6.07, 6.45) is 1.04. The smallest absolute Gasteiger partial charge is 0.330 e. The van der Waals surface area contributed by atoms with Crippen molar-refractivity contribution in [3.63, 3.8) is 0 Å². The third kappa shape index (κ3) is 5.93. The number of aromatic nitrogens is 1. The van der Waals surface area contributed by atoms with Crippen molar-refractivity contribution >= 4 is 23.5 Å². The molecule has 4 rings (SSSR count). The molecule has 0 amide bonds. The number of rotatable bonds is 7. The number of benzene rings is 3. The van der Waals surface area contributed by atoms with Gasteiger partial charge in [0.25, 0.3) is 5.92 Å². The van der Waals surface area contributed by atoms with E-state index >= 15 is 0 Å². The van der Waals surface area contributed by atoms with Crippen molar-refractivity contribution < 1.29 is 27.8 Å². The van der Waals surface area contributed by atoms with Crippen LogP contribution in [-0.4, -0.2) is 16.9 Å². The molecule has 0 N–H and O–H groups in total. The second-order valence-electron chi connectivity index (χ2n) is 7.97. The molecule has 36 heavy (non-hydrogen) atoms. The van der Waals surface area contributed by atoms with Crippen molar-refractivity contribution in [1.29, 1.82) is 0 Å². The zero-order valence-corrected chi connectivity index (χ0v) is 19.8. The van der Waals surface area contributed by atoms with Gasteiger partial charge in [-0.1, -0.05) is 66.2 Å². The third-order valence-corrected chi connectivity index (χ3v) is 5.52. The first-order chi connectivity index (χ1) is 17.2. The molecular formula is C28H20ClF2NO4. The molecule has 3 aromatic carbocycles. The molecule has 0 fully saturated rings. The molecule has 1 heterocycles. The number of ether oxygens (including phenoxy) is 2. The third-order valence-electron chi connectivity index (χ3n) is 5.24. The predicted octanol–water partition coefficient (Wildman–Crippen LogP) is 6.81. The minimum Gasteiger partial charge on any atom is -0.426 e. The van der Waals surface area contributed by atoms with E-state index in [9.17, 15) is 18.4 Å². The Hall–Kier alpha value is -4.10. The number of para-hydroxylation sites is 2. The van der Waals surface area contributed by atoms with Crippen molar-refractivity contribution in [2.45, 2.75) is 18.8 Å². The molecule has 0 aliphatic heterocycles. The molecule has 4 aromatic rings. The Kier molecular flexibility index (Phi) is 7.41. The average molecular weight is 508 g/mol. The molecule has 0 spiro atoms. The van der Waals surface area contributed by atoms with E-state index in [1.54, 1.807) is 78.9 Å². The van der Waals surface area contributed by atoms with Gasteiger partial charge in [-0.25, -0.2) is 8.78 Å². The van der Waals surface area contributed by atoms with Crippen LogP contribution in [0.15, 0.2) is 97.2 Å². The van der Waals surface area contributed by atoms with Crippen molar-refractivity contribution in [2.24, 2.45) is 0 Å². The normalized spacial score (nSPS) is 11.2. The summed E-state index contributed by atoms with van der Waals surface area (Å²) in [6, 6.07) is 24.1. The standard InChI is InChI=1S/C28H20ClF2NO4/c1-28(30,31)20-16-23(29)25(32-17-20)19-10-8-9-18(15-19)24(26(33)35-21-11-4-2-5-12-21)27(34)36-22-13-6-3-7-14-22/h2-17,24H,1H3. The van der Waals surface area contributed by atoms with Crippen LogP contribution in [0, 0.1) is 0 Å². The lowest BCUT2D eigenvalue weighted by Gasteiger charge is -2.17. The molecular weight excluding hydrogens is 488 g/mol. The zero-order valence-electron chi connectivity index (χ0n) is 19.0. The summed E-state index contributed by atoms with van der Waals surface area (Å²) in [4.78, 5) is 30.4. The van der Waals surface area contributed by atoms with E-state index in [4.69, 9.17) is 21.1 Å². The number of esters is 2. The second kappa shape index (κ2) is 10.7. The van der Waals surface area contributed by atoms with Gasteiger partial charge in [-0.15, -0.1) is 0 Å². The lowest BCUT2D eigenvalue weighted by Crippen LogP contribution is -2.29. The van der Waals surface area contributed by atoms with E-state index in [2.05, 4.69) is 4.98 Å². The van der Waals surface area contributed by atoms with Gasteiger partial charge in [-0.2, -0.15) is 0 Å². The molecule has 0 aliphatic rings. The summed E-state index contributed by atoms with van der Waals surface area (Å²) in [5.41, 5.74) is 0.576. The van der Waals surface area contributed by atoms with Crippen LogP contribution in [-0.2, 0) is 15.5 Å². The van der Waals surface area contributed by atoms with Crippen LogP contribution in [0.25, 0.3) is 11.3 Å². The molecule has 1 aromatic heterocycles. The average Bonchev–Trinajstić information content (AvgIpc) is 2.85. The topological polar surface area (TPSA) is 65.5 Å². The van der Waals surface area contributed by atoms with Gasteiger partial charge in [-0.3, -0.25) is 14.6 Å². The molecule has 0 bridgehead atoms. The number of alkyl halides is 2. The molecule has 0 saturated carbocycles. The highest BCUT2D eigenvalue weighted by Crippen LogP contribution is 2.34. The Bertz CT molecular complexity index is 1320. The van der Waals surface area contributed by atoms with Crippen LogP contribution >= 0.6 is 11.6 Å². The molecule has 0 atom stereocenters. The van der Waals surface area contributed by atoms with E-state index in [1.807, 2.05) is 0 Å². The first kappa shape index (κ1) is 25.0. The summed E-state index contributed by atoms with van der Waals surface area (Å²) in [6.45, 7) is 0.752. The van der Waals surface area contributed by atoms with Crippen molar-refractivity contribution in [2.75, 3.05) is 0 Å². The van der Waals surface area contributed by atoms with Gasteiger partial charge in [-0.05, 0) is 42.0 Å². The van der Waals surface area contributed by atoms with Gasteiger partial charge >= 0.3 is 11.9 Å². The molecule has 0 aliphatic carbocycles. The van der Waals surface area contributed by atoms with Gasteiger partial charge in [0.05, 0.1) is 10.7 Å². The molecule has 8 heteroatoms. The molecule has 0 unspecified atom stereocenters. The van der Waals surface area contributed by atoms with E-state index in [1.165, 1.54) is 6.07 Å². The fourth-order valence-electron chi connectivity index (χ4n) is 3.45. The molecule has 182 valence electrons. The van der Waals surface area contributed by atoms with Gasteiger partial charge in [0.2, 0.25) is 0 Å². The molecule has 0 saturated heterocycles. The number of hydrogen-bond acceptors (Lipinski definition) is 5. The van der Waals surface area contributed by atoms with Gasteiger partial charge in [0.15, 0.2) is 5.92 Å². The lowest BCUT2D eigenvalue weighted by atomic mass is 9.96. The van der Waals surface area contributed by atoms with Gasteiger partial charge in [0, 0.05) is 24.2 Å². The minimum atomic E-state index is -3.11. The van der Waals surface area contributed by atoms with Crippen LogP contribution < -0.4 is 9.47 Å². The van der Waals surface area contributed by atoms with E-state index in [0.717, 1.165) is 19.2 Å². The largest absolute Gasteiger partial charge is 0.426 e. The zero-order chi connectivity index (χ0) is 25.7. The predicted molar refractivity (Wildman–Crippen MR) is 131 cm³/mol. The summed E-state index contributed by atoms with van der Waals surface area (Å²) in [5, 5.41) is 0.00134. The maximum atomic E-state index is 13.7. The molecule has 5 nitrogen and oxygen atoms in total. The maximum Gasteiger partial charge on any atom is 0.330 e. The van der Waals surface area contributed by atoms with Gasteiger partial charge in [0.1, 0.15) is 11.5 Å². The summed E-state index contributed by atoms with van der Waals surface area (Å²) in [7, 11) is 0. The Balaban J connectivity index is 1.70. The number of carbonyl (C=O) groups is 2. The summed E-state index contributed by atoms with van der Waals surface area (Å²) < 4.78 is 38.2. The Morgan fingerprint density at radius 1 is 0.833 bits per heavy atom. The maximum absolute atomic E-state index is 13.7. The minimum absolute atomic E-state index is 0.00134. The monoisotopic (exact) mass is 507 g/mol. The van der Waals surface area contributed by atoms with E-state index in [0.29, 0.717) is 5.56 Å². The Morgan fingerprint density at radius 3 is 1.89 bits per heavy atom. The Labute approximate surface area is 211 Å². The number of halogens is 3. The lowest BCUT2D eigenvalue weighted by molar-refractivity contribution is -0.147. The number of carbonyl (C=O) groups excluding carboxylic acids is 2. The van der Waals surface area contributed by atoms with Crippen LogP contribution in [0.5, 0.6) is 11.5 Å². The van der Waals surface area contributed by atoms with Crippen molar-refractivity contribution in [3.8, 4) is 22.8 Å². The molecule has 0 radical (unpaired) electrons. The fraction of sp³-hybridized carbons (Fsp3) is 0.107. The van der Waals surface area contributed by atoms with Crippen LogP contribution in [0.4, 0.5) is 8.78 Å². The van der Waals surface area contributed by atoms with Crippen LogP contribution in [0.2, 0.25) is 5.02 Å². The summed E-state index contributed by atoms with van der Waals surface area (Å²) in [5.74, 6) is -5.72. The number of pyridine rings is 1. The first-order valence-electron chi connectivity index (χ1n) is 10.9. The van der Waals surface area contributed by atoms with Crippen LogP contribution in [0.3, 0.4) is 0 Å². The fourth-order valence-corrected chi connectivity index (χ4v) is 3.73. The number of hydrogen-bond donors (Lipinski definition) is 0. The van der Waals surface area contributed by atoms with Gasteiger partial charge < -0.3 is 9.47 Å². The van der Waals surface area contributed by atoms with E-state index < -0.39 is 23.8 Å². The van der Waals surface area contributed by atoms with Crippen molar-refractivity contribution in [3.05, 3.63) is 113 Å². The summed E-state index contributed by atoms with van der Waals surface area (Å²) >= 11 is 6.26.